The van der Waals surface area contributed by atoms with Crippen LogP contribution in [0, 0.1) is 13.8 Å². The molecule has 178 valence electrons. The van der Waals surface area contributed by atoms with Crippen LogP contribution in [0.15, 0.2) is 82.3 Å². The van der Waals surface area contributed by atoms with E-state index in [1.807, 2.05) is 24.3 Å². The van der Waals surface area contributed by atoms with Crippen LogP contribution in [0.5, 0.6) is 11.5 Å². The molecule has 2 aromatic heterocycles. The normalized spacial score (nSPS) is 10.9. The van der Waals surface area contributed by atoms with E-state index in [0.29, 0.717) is 22.8 Å². The largest absolute Gasteiger partial charge is 0.486 e. The molecule has 35 heavy (non-hydrogen) atoms. The van der Waals surface area contributed by atoms with Crippen molar-refractivity contribution in [3.8, 4) is 17.2 Å². The van der Waals surface area contributed by atoms with Crippen LogP contribution in [0.3, 0.4) is 0 Å². The first-order chi connectivity index (χ1) is 16.9. The number of nitrogens with one attached hydrogen (secondary N) is 1. The SMILES string of the molecule is CC(=O)Oc1cccc(C=NNC(=O)c2ccc(COc3ccc(-n4c(C)ccc4C)cc3)o2)c1. The number of amides is 1. The number of hydrazone groups is 1. The van der Waals surface area contributed by atoms with Gasteiger partial charge in [0.15, 0.2) is 5.76 Å². The standard InChI is InChI=1S/C27H25N3O5/c1-18-7-8-19(2)30(18)22-9-11-23(12-10-22)33-17-25-13-14-26(35-25)27(32)29-28-16-21-5-4-6-24(15-21)34-20(3)31/h4-16H,17H2,1-3H3,(H,29,32). The van der Waals surface area contributed by atoms with Gasteiger partial charge < -0.3 is 18.5 Å². The number of carbonyl (C=O) groups is 2. The second-order valence-electron chi connectivity index (χ2n) is 7.87. The molecule has 0 aliphatic heterocycles. The van der Waals surface area contributed by atoms with Crippen LogP contribution in [0.1, 0.15) is 40.2 Å². The van der Waals surface area contributed by atoms with Crippen molar-refractivity contribution in [3.05, 3.63) is 101 Å². The molecule has 0 aliphatic carbocycles. The maximum atomic E-state index is 12.3. The van der Waals surface area contributed by atoms with Gasteiger partial charge in [0.25, 0.3) is 0 Å². The van der Waals surface area contributed by atoms with Crippen LogP contribution in [-0.2, 0) is 11.4 Å². The van der Waals surface area contributed by atoms with Gasteiger partial charge in [-0.3, -0.25) is 9.59 Å². The van der Waals surface area contributed by atoms with E-state index in [1.54, 1.807) is 36.4 Å². The Balaban J connectivity index is 1.30. The van der Waals surface area contributed by atoms with E-state index in [2.05, 4.69) is 41.1 Å². The molecule has 0 saturated heterocycles. The first-order valence-corrected chi connectivity index (χ1v) is 11.0. The quantitative estimate of drug-likeness (QED) is 0.170. The third-order valence-electron chi connectivity index (χ3n) is 5.13. The van der Waals surface area contributed by atoms with Gasteiger partial charge in [0, 0.05) is 24.0 Å². The lowest BCUT2D eigenvalue weighted by molar-refractivity contribution is -0.131. The Bertz CT molecular complexity index is 1350. The lowest BCUT2D eigenvalue weighted by Crippen LogP contribution is -2.16. The summed E-state index contributed by atoms with van der Waals surface area (Å²) >= 11 is 0. The van der Waals surface area contributed by atoms with E-state index in [1.165, 1.54) is 13.1 Å². The number of benzene rings is 2. The highest BCUT2D eigenvalue weighted by atomic mass is 16.5. The first-order valence-electron chi connectivity index (χ1n) is 11.0. The summed E-state index contributed by atoms with van der Waals surface area (Å²) in [6.45, 7) is 5.64. The molecule has 4 aromatic rings. The molecule has 8 nitrogen and oxygen atoms in total. The number of aromatic nitrogens is 1. The van der Waals surface area contributed by atoms with Crippen LogP contribution in [0.2, 0.25) is 0 Å². The topological polar surface area (TPSA) is 95.1 Å². The molecule has 2 aromatic carbocycles. The van der Waals surface area contributed by atoms with Crippen LogP contribution < -0.4 is 14.9 Å². The van der Waals surface area contributed by atoms with Crippen LogP contribution in [0.25, 0.3) is 5.69 Å². The van der Waals surface area contributed by atoms with Gasteiger partial charge in [0.05, 0.1) is 6.21 Å². The van der Waals surface area contributed by atoms with Gasteiger partial charge in [-0.25, -0.2) is 5.43 Å². The molecule has 0 fully saturated rings. The minimum Gasteiger partial charge on any atom is -0.486 e. The monoisotopic (exact) mass is 471 g/mol. The number of nitrogens with zero attached hydrogens (tertiary/aromatic N) is 2. The molecule has 4 rings (SSSR count). The number of ether oxygens (including phenoxy) is 2. The number of carbonyl (C=O) groups excluding carboxylic acids is 2. The van der Waals surface area contributed by atoms with E-state index < -0.39 is 11.9 Å². The molecule has 1 amide bonds. The highest BCUT2D eigenvalue weighted by Crippen LogP contribution is 2.21. The fourth-order valence-corrected chi connectivity index (χ4v) is 3.54. The van der Waals surface area contributed by atoms with E-state index in [9.17, 15) is 9.59 Å². The maximum Gasteiger partial charge on any atom is 0.308 e. The lowest BCUT2D eigenvalue weighted by Gasteiger charge is -2.10. The van der Waals surface area contributed by atoms with Gasteiger partial charge in [-0.2, -0.15) is 5.10 Å². The van der Waals surface area contributed by atoms with E-state index >= 15 is 0 Å². The molecular formula is C27H25N3O5. The fourth-order valence-electron chi connectivity index (χ4n) is 3.54. The average Bonchev–Trinajstić information content (AvgIpc) is 3.44. The van der Waals surface area contributed by atoms with Gasteiger partial charge in [-0.1, -0.05) is 12.1 Å². The Hall–Kier alpha value is -4.59. The smallest absolute Gasteiger partial charge is 0.308 e. The van der Waals surface area contributed by atoms with Crippen LogP contribution in [-0.4, -0.2) is 22.7 Å². The van der Waals surface area contributed by atoms with Gasteiger partial charge in [-0.15, -0.1) is 0 Å². The predicted molar refractivity (Wildman–Crippen MR) is 131 cm³/mol. The second-order valence-corrected chi connectivity index (χ2v) is 7.87. The minimum atomic E-state index is -0.495. The average molecular weight is 472 g/mol. The van der Waals surface area contributed by atoms with Crippen molar-refractivity contribution in [1.82, 2.24) is 9.99 Å². The zero-order valence-electron chi connectivity index (χ0n) is 19.6. The number of rotatable bonds is 8. The minimum absolute atomic E-state index is 0.114. The number of hydrogen-bond acceptors (Lipinski definition) is 6. The van der Waals surface area contributed by atoms with Crippen molar-refractivity contribution in [1.29, 1.82) is 0 Å². The highest BCUT2D eigenvalue weighted by molar-refractivity contribution is 5.92. The second kappa shape index (κ2) is 10.6. The van der Waals surface area contributed by atoms with E-state index in [-0.39, 0.29) is 12.4 Å². The van der Waals surface area contributed by atoms with Gasteiger partial charge in [0.2, 0.25) is 0 Å². The number of hydrogen-bond donors (Lipinski definition) is 1. The number of aryl methyl sites for hydroxylation is 2. The molecule has 0 radical (unpaired) electrons. The Morgan fingerprint density at radius 3 is 2.43 bits per heavy atom. The van der Waals surface area contributed by atoms with Crippen LogP contribution >= 0.6 is 0 Å². The number of furan rings is 1. The maximum absolute atomic E-state index is 12.3. The summed E-state index contributed by atoms with van der Waals surface area (Å²) in [6.07, 6.45) is 1.44. The summed E-state index contributed by atoms with van der Waals surface area (Å²) in [7, 11) is 0. The predicted octanol–water partition coefficient (Wildman–Crippen LogP) is 4.96. The Kier molecular flexibility index (Phi) is 7.11. The first kappa shape index (κ1) is 23.6. The summed E-state index contributed by atoms with van der Waals surface area (Å²) in [4.78, 5) is 23.4. The van der Waals surface area contributed by atoms with Gasteiger partial charge in [-0.05, 0) is 80.1 Å². The van der Waals surface area contributed by atoms with Crippen molar-refractivity contribution in [2.75, 3.05) is 0 Å². The highest BCUT2D eigenvalue weighted by Gasteiger charge is 2.11. The van der Waals surface area contributed by atoms with Crippen molar-refractivity contribution in [3.63, 3.8) is 0 Å². The third kappa shape index (κ3) is 6.05. The molecule has 2 heterocycles. The van der Waals surface area contributed by atoms with E-state index in [0.717, 1.165) is 17.1 Å². The summed E-state index contributed by atoms with van der Waals surface area (Å²) < 4.78 is 18.6. The Labute approximate surface area is 202 Å². The Morgan fingerprint density at radius 1 is 0.971 bits per heavy atom. The Morgan fingerprint density at radius 2 is 1.71 bits per heavy atom. The zero-order valence-corrected chi connectivity index (χ0v) is 19.6. The molecule has 0 spiro atoms. The summed E-state index contributed by atoms with van der Waals surface area (Å²) in [6, 6.07) is 22.0. The van der Waals surface area contributed by atoms with Gasteiger partial charge in [0.1, 0.15) is 23.9 Å². The molecule has 0 atom stereocenters. The lowest BCUT2D eigenvalue weighted by atomic mass is 10.2. The van der Waals surface area contributed by atoms with Gasteiger partial charge >= 0.3 is 11.9 Å². The summed E-state index contributed by atoms with van der Waals surface area (Å²) in [5, 5.41) is 3.92. The summed E-state index contributed by atoms with van der Waals surface area (Å²) in [5.74, 6) is 0.805. The molecule has 0 unspecified atom stereocenters. The number of esters is 1. The molecule has 8 heteroatoms. The van der Waals surface area contributed by atoms with E-state index in [4.69, 9.17) is 13.9 Å². The molecule has 0 saturated carbocycles. The molecule has 0 bridgehead atoms. The summed E-state index contributed by atoms with van der Waals surface area (Å²) in [5.41, 5.74) is 6.46. The molecule has 1 N–H and O–H groups in total. The zero-order chi connectivity index (χ0) is 24.8. The van der Waals surface area contributed by atoms with Crippen molar-refractivity contribution >= 4 is 18.1 Å². The van der Waals surface area contributed by atoms with Crippen molar-refractivity contribution in [2.45, 2.75) is 27.4 Å². The molecular weight excluding hydrogens is 446 g/mol. The molecule has 0 aliphatic rings. The third-order valence-corrected chi connectivity index (χ3v) is 5.13. The van der Waals surface area contributed by atoms with Crippen LogP contribution in [0.4, 0.5) is 0 Å². The fraction of sp³-hybridized carbons (Fsp3) is 0.148. The van der Waals surface area contributed by atoms with Crippen molar-refractivity contribution < 1.29 is 23.5 Å². The van der Waals surface area contributed by atoms with Crippen molar-refractivity contribution in [2.24, 2.45) is 5.10 Å².